The predicted octanol–water partition coefficient (Wildman–Crippen LogP) is 2.74. The molecule has 0 spiro atoms. The molecule has 1 saturated heterocycles. The maximum atomic E-state index is 13.1. The molecule has 1 aliphatic heterocycles. The molecule has 0 saturated carbocycles. The summed E-state index contributed by atoms with van der Waals surface area (Å²) in [7, 11) is 0. The van der Waals surface area contributed by atoms with E-state index in [0.29, 0.717) is 18.8 Å². The molecule has 1 amide bonds. The number of aryl methyl sites for hydroxylation is 1. The Morgan fingerprint density at radius 2 is 1.76 bits per heavy atom. The van der Waals surface area contributed by atoms with Gasteiger partial charge in [-0.1, -0.05) is 6.07 Å². The van der Waals surface area contributed by atoms with Crippen molar-refractivity contribution in [2.45, 2.75) is 6.92 Å². The largest absolute Gasteiger partial charge is 0.368 e. The van der Waals surface area contributed by atoms with Gasteiger partial charge in [-0.25, -0.2) is 9.37 Å². The quantitative estimate of drug-likeness (QED) is 0.721. The predicted molar refractivity (Wildman–Crippen MR) is 94.4 cm³/mol. The summed E-state index contributed by atoms with van der Waals surface area (Å²) in [6.45, 7) is 4.60. The van der Waals surface area contributed by atoms with Crippen molar-refractivity contribution in [1.82, 2.24) is 14.3 Å². The smallest absolute Gasteiger partial charge is 0.272 e. The first kappa shape index (κ1) is 15.6. The van der Waals surface area contributed by atoms with Gasteiger partial charge < -0.3 is 9.80 Å². The lowest BCUT2D eigenvalue weighted by atomic mass is 10.2. The van der Waals surface area contributed by atoms with E-state index in [2.05, 4.69) is 9.88 Å². The van der Waals surface area contributed by atoms with Crippen molar-refractivity contribution in [1.29, 1.82) is 0 Å². The molecule has 0 atom stereocenters. The Morgan fingerprint density at radius 1 is 1.04 bits per heavy atom. The molecule has 0 radical (unpaired) electrons. The zero-order valence-corrected chi connectivity index (χ0v) is 14.0. The minimum absolute atomic E-state index is 0.00922. The molecule has 0 N–H and O–H groups in total. The Balaban J connectivity index is 1.51. The number of fused-ring (bicyclic) bond motifs is 1. The van der Waals surface area contributed by atoms with E-state index in [1.165, 1.54) is 12.1 Å². The SMILES string of the molecule is Cc1nc2ccccn2c1C(=O)N1CCN(c2ccc(F)cc2)CC1. The number of rotatable bonds is 2. The second kappa shape index (κ2) is 6.20. The third-order valence-electron chi connectivity index (χ3n) is 4.67. The lowest BCUT2D eigenvalue weighted by Gasteiger charge is -2.36. The highest BCUT2D eigenvalue weighted by molar-refractivity contribution is 5.94. The topological polar surface area (TPSA) is 40.9 Å². The molecular weight excluding hydrogens is 319 g/mol. The Hall–Kier alpha value is -2.89. The molecule has 1 fully saturated rings. The average Bonchev–Trinajstić information content (AvgIpc) is 2.97. The van der Waals surface area contributed by atoms with E-state index >= 15 is 0 Å². The van der Waals surface area contributed by atoms with Gasteiger partial charge in [-0.2, -0.15) is 0 Å². The average molecular weight is 338 g/mol. The summed E-state index contributed by atoms with van der Waals surface area (Å²) in [6.07, 6.45) is 1.87. The highest BCUT2D eigenvalue weighted by Gasteiger charge is 2.26. The number of benzene rings is 1. The van der Waals surface area contributed by atoms with E-state index in [1.54, 1.807) is 12.1 Å². The number of anilines is 1. The summed E-state index contributed by atoms with van der Waals surface area (Å²) < 4.78 is 14.9. The molecule has 6 heteroatoms. The first-order valence-corrected chi connectivity index (χ1v) is 8.37. The number of piperazine rings is 1. The molecular formula is C19H19FN4O. The summed E-state index contributed by atoms with van der Waals surface area (Å²) in [5.41, 5.74) is 3.15. The van der Waals surface area contributed by atoms with E-state index in [-0.39, 0.29) is 11.7 Å². The molecule has 4 rings (SSSR count). The maximum Gasteiger partial charge on any atom is 0.272 e. The summed E-state index contributed by atoms with van der Waals surface area (Å²) in [6, 6.07) is 12.2. The van der Waals surface area contributed by atoms with Crippen LogP contribution < -0.4 is 4.90 Å². The van der Waals surface area contributed by atoms with Crippen molar-refractivity contribution in [2.75, 3.05) is 31.1 Å². The Labute approximate surface area is 145 Å². The van der Waals surface area contributed by atoms with E-state index < -0.39 is 0 Å². The second-order valence-electron chi connectivity index (χ2n) is 6.23. The molecule has 0 bridgehead atoms. The summed E-state index contributed by atoms with van der Waals surface area (Å²) >= 11 is 0. The number of halogens is 1. The van der Waals surface area contributed by atoms with Gasteiger partial charge in [0.15, 0.2) is 0 Å². The van der Waals surface area contributed by atoms with Gasteiger partial charge in [-0.3, -0.25) is 9.20 Å². The summed E-state index contributed by atoms with van der Waals surface area (Å²) in [4.78, 5) is 21.5. The van der Waals surface area contributed by atoms with Gasteiger partial charge in [0, 0.05) is 38.1 Å². The number of carbonyl (C=O) groups is 1. The van der Waals surface area contributed by atoms with Gasteiger partial charge in [0.05, 0.1) is 5.69 Å². The van der Waals surface area contributed by atoms with Crippen molar-refractivity contribution < 1.29 is 9.18 Å². The first-order valence-electron chi connectivity index (χ1n) is 8.37. The lowest BCUT2D eigenvalue weighted by Crippen LogP contribution is -2.49. The zero-order valence-electron chi connectivity index (χ0n) is 14.0. The van der Waals surface area contributed by atoms with Gasteiger partial charge in [0.2, 0.25) is 0 Å². The number of amides is 1. The van der Waals surface area contributed by atoms with Crippen molar-refractivity contribution in [3.05, 3.63) is 65.9 Å². The van der Waals surface area contributed by atoms with Crippen LogP contribution in [0.25, 0.3) is 5.65 Å². The van der Waals surface area contributed by atoms with Crippen molar-refractivity contribution in [3.63, 3.8) is 0 Å². The van der Waals surface area contributed by atoms with Crippen LogP contribution in [0.4, 0.5) is 10.1 Å². The van der Waals surface area contributed by atoms with Crippen molar-refractivity contribution >= 4 is 17.2 Å². The van der Waals surface area contributed by atoms with Crippen LogP contribution in [0.3, 0.4) is 0 Å². The molecule has 128 valence electrons. The molecule has 5 nitrogen and oxygen atoms in total. The van der Waals surface area contributed by atoms with Crippen LogP contribution in [-0.2, 0) is 0 Å². The van der Waals surface area contributed by atoms with Gasteiger partial charge in [-0.05, 0) is 43.3 Å². The Bertz CT molecular complexity index is 911. The number of hydrogen-bond acceptors (Lipinski definition) is 3. The molecule has 3 heterocycles. The lowest BCUT2D eigenvalue weighted by molar-refractivity contribution is 0.0739. The monoisotopic (exact) mass is 338 g/mol. The van der Waals surface area contributed by atoms with E-state index in [9.17, 15) is 9.18 Å². The molecule has 0 aliphatic carbocycles. The van der Waals surface area contributed by atoms with Crippen molar-refractivity contribution in [3.8, 4) is 0 Å². The van der Waals surface area contributed by atoms with Gasteiger partial charge in [-0.15, -0.1) is 0 Å². The first-order chi connectivity index (χ1) is 12.1. The fourth-order valence-electron chi connectivity index (χ4n) is 3.34. The summed E-state index contributed by atoms with van der Waals surface area (Å²) in [5, 5.41) is 0. The molecule has 0 unspecified atom stereocenters. The molecule has 2 aromatic heterocycles. The van der Waals surface area contributed by atoms with Crippen LogP contribution in [0, 0.1) is 12.7 Å². The second-order valence-corrected chi connectivity index (χ2v) is 6.23. The highest BCUT2D eigenvalue weighted by atomic mass is 19.1. The van der Waals surface area contributed by atoms with Crippen LogP contribution in [0.15, 0.2) is 48.7 Å². The standard InChI is InChI=1S/C19H19FN4O/c1-14-18(24-9-3-2-4-17(24)21-14)19(25)23-12-10-22(11-13-23)16-7-5-15(20)6-8-16/h2-9H,10-13H2,1H3. The molecule has 1 aliphatic rings. The number of aromatic nitrogens is 2. The number of imidazole rings is 1. The Morgan fingerprint density at radius 3 is 2.48 bits per heavy atom. The number of carbonyl (C=O) groups excluding carboxylic acids is 1. The minimum Gasteiger partial charge on any atom is -0.368 e. The maximum absolute atomic E-state index is 13.1. The van der Waals surface area contributed by atoms with Crippen LogP contribution in [0.2, 0.25) is 0 Å². The third-order valence-corrected chi connectivity index (χ3v) is 4.67. The van der Waals surface area contributed by atoms with Gasteiger partial charge >= 0.3 is 0 Å². The highest BCUT2D eigenvalue weighted by Crippen LogP contribution is 2.19. The van der Waals surface area contributed by atoms with E-state index in [0.717, 1.165) is 30.1 Å². The molecule has 3 aromatic rings. The van der Waals surface area contributed by atoms with Crippen LogP contribution >= 0.6 is 0 Å². The minimum atomic E-state index is -0.236. The third kappa shape index (κ3) is 2.84. The zero-order chi connectivity index (χ0) is 17.4. The number of pyridine rings is 1. The van der Waals surface area contributed by atoms with Gasteiger partial charge in [0.1, 0.15) is 17.2 Å². The normalized spacial score (nSPS) is 15.0. The Kier molecular flexibility index (Phi) is 3.87. The van der Waals surface area contributed by atoms with E-state index in [1.807, 2.05) is 40.6 Å². The van der Waals surface area contributed by atoms with Crippen LogP contribution in [0.5, 0.6) is 0 Å². The van der Waals surface area contributed by atoms with Crippen LogP contribution in [0.1, 0.15) is 16.2 Å². The number of hydrogen-bond donors (Lipinski definition) is 0. The van der Waals surface area contributed by atoms with Crippen molar-refractivity contribution in [2.24, 2.45) is 0 Å². The van der Waals surface area contributed by atoms with Crippen LogP contribution in [-0.4, -0.2) is 46.4 Å². The van der Waals surface area contributed by atoms with E-state index in [4.69, 9.17) is 0 Å². The summed E-state index contributed by atoms with van der Waals surface area (Å²) in [5.74, 6) is -0.226. The fourth-order valence-corrected chi connectivity index (χ4v) is 3.34. The fraction of sp³-hybridized carbons (Fsp3) is 0.263. The molecule has 25 heavy (non-hydrogen) atoms. The number of nitrogens with zero attached hydrogens (tertiary/aromatic N) is 4. The van der Waals surface area contributed by atoms with Gasteiger partial charge in [0.25, 0.3) is 5.91 Å². The molecule has 1 aromatic carbocycles.